The van der Waals surface area contributed by atoms with E-state index in [1.54, 1.807) is 0 Å². The number of Topliss-reactive ketones (excluding diaryl/α,β-unsaturated/α-hetero) is 1. The van der Waals surface area contributed by atoms with Crippen molar-refractivity contribution in [2.75, 3.05) is 0 Å². The molecule has 0 bridgehead atoms. The van der Waals surface area contributed by atoms with E-state index in [0.717, 1.165) is 0 Å². The maximum Gasteiger partial charge on any atom is 0.194 e. The van der Waals surface area contributed by atoms with Crippen molar-refractivity contribution in [1.29, 1.82) is 0 Å². The highest BCUT2D eigenvalue weighted by Crippen LogP contribution is 2.14. The van der Waals surface area contributed by atoms with Crippen molar-refractivity contribution in [3.8, 4) is 0 Å². The highest BCUT2D eigenvalue weighted by Gasteiger charge is 2.13. The summed E-state index contributed by atoms with van der Waals surface area (Å²) in [5.41, 5.74) is -0.265. The predicted octanol–water partition coefficient (Wildman–Crippen LogP) is 1.87. The van der Waals surface area contributed by atoms with Crippen molar-refractivity contribution in [3.63, 3.8) is 0 Å². The van der Waals surface area contributed by atoms with E-state index in [0.29, 0.717) is 12.1 Å². The summed E-state index contributed by atoms with van der Waals surface area (Å²) < 4.78 is 37.4. The standard InChI is InChI=1S/C8H4BF3O/c9-3-7(13)4-1-5(10)8(12)6(11)2-4/h1-2H,3H2. The first-order valence-electron chi connectivity index (χ1n) is 3.44. The number of halogens is 3. The molecule has 66 valence electrons. The Balaban J connectivity index is 3.20. The molecule has 0 aromatic heterocycles. The van der Waals surface area contributed by atoms with Crippen LogP contribution in [0, 0.1) is 17.5 Å². The molecule has 0 aliphatic carbocycles. The number of benzene rings is 1. The number of rotatable bonds is 2. The molecule has 1 aromatic rings. The summed E-state index contributed by atoms with van der Waals surface area (Å²) in [5, 5.41) is 0. The Morgan fingerprint density at radius 3 is 2.08 bits per heavy atom. The molecule has 0 atom stereocenters. The SMILES string of the molecule is [B]CC(=O)c1cc(F)c(F)c(F)c1. The van der Waals surface area contributed by atoms with Crippen molar-refractivity contribution in [2.24, 2.45) is 0 Å². The third kappa shape index (κ3) is 1.91. The predicted molar refractivity (Wildman–Crippen MR) is 41.2 cm³/mol. The van der Waals surface area contributed by atoms with Crippen LogP contribution in [0.15, 0.2) is 12.1 Å². The maximum atomic E-state index is 12.5. The van der Waals surface area contributed by atoms with Crippen LogP contribution >= 0.6 is 0 Å². The molecule has 1 rings (SSSR count). The Kier molecular flexibility index (Phi) is 2.75. The molecule has 0 amide bonds. The highest BCUT2D eigenvalue weighted by molar-refractivity contribution is 6.23. The lowest BCUT2D eigenvalue weighted by Crippen LogP contribution is -2.01. The van der Waals surface area contributed by atoms with E-state index in [-0.39, 0.29) is 11.9 Å². The molecular formula is C8H4BF3O. The van der Waals surface area contributed by atoms with Crippen molar-refractivity contribution in [1.82, 2.24) is 0 Å². The fraction of sp³-hybridized carbons (Fsp3) is 0.125. The zero-order valence-electron chi connectivity index (χ0n) is 6.48. The van der Waals surface area contributed by atoms with E-state index in [9.17, 15) is 18.0 Å². The van der Waals surface area contributed by atoms with Gasteiger partial charge in [0, 0.05) is 5.56 Å². The fourth-order valence-electron chi connectivity index (χ4n) is 0.834. The van der Waals surface area contributed by atoms with Crippen LogP contribution in [0.1, 0.15) is 10.4 Å². The molecule has 1 nitrogen and oxygen atoms in total. The zero-order valence-corrected chi connectivity index (χ0v) is 6.48. The second-order valence-corrected chi connectivity index (χ2v) is 2.38. The number of hydrogen-bond donors (Lipinski definition) is 0. The third-order valence-corrected chi connectivity index (χ3v) is 1.49. The molecular weight excluding hydrogens is 180 g/mol. The summed E-state index contributed by atoms with van der Waals surface area (Å²) in [5.74, 6) is -5.01. The van der Waals surface area contributed by atoms with Gasteiger partial charge < -0.3 is 0 Å². The average Bonchev–Trinajstić information content (AvgIpc) is 2.12. The summed E-state index contributed by atoms with van der Waals surface area (Å²) in [4.78, 5) is 10.8. The van der Waals surface area contributed by atoms with Gasteiger partial charge in [0.25, 0.3) is 0 Å². The number of carbonyl (C=O) groups excluding carboxylic acids is 1. The molecule has 13 heavy (non-hydrogen) atoms. The van der Waals surface area contributed by atoms with E-state index >= 15 is 0 Å². The van der Waals surface area contributed by atoms with Gasteiger partial charge in [0.1, 0.15) is 0 Å². The van der Waals surface area contributed by atoms with Crippen LogP contribution in [0.5, 0.6) is 0 Å². The van der Waals surface area contributed by atoms with Crippen LogP contribution in [0.25, 0.3) is 0 Å². The first-order valence-corrected chi connectivity index (χ1v) is 3.44. The van der Waals surface area contributed by atoms with E-state index in [1.165, 1.54) is 0 Å². The normalized spacial score (nSPS) is 10.1. The van der Waals surface area contributed by atoms with Gasteiger partial charge in [0.2, 0.25) is 0 Å². The third-order valence-electron chi connectivity index (χ3n) is 1.49. The van der Waals surface area contributed by atoms with Gasteiger partial charge in [-0.1, -0.05) is 0 Å². The van der Waals surface area contributed by atoms with Gasteiger partial charge in [-0.25, -0.2) is 13.2 Å². The summed E-state index contributed by atoms with van der Waals surface area (Å²) in [7, 11) is 4.95. The summed E-state index contributed by atoms with van der Waals surface area (Å²) in [6, 6.07) is 1.24. The largest absolute Gasteiger partial charge is 0.295 e. The van der Waals surface area contributed by atoms with Gasteiger partial charge in [-0.2, -0.15) is 0 Å². The average molecular weight is 184 g/mol. The molecule has 0 saturated heterocycles. The molecule has 5 heteroatoms. The Morgan fingerprint density at radius 1 is 1.23 bits per heavy atom. The van der Waals surface area contributed by atoms with Crippen LogP contribution in [-0.4, -0.2) is 13.6 Å². The van der Waals surface area contributed by atoms with Crippen LogP contribution in [0.4, 0.5) is 13.2 Å². The highest BCUT2D eigenvalue weighted by atomic mass is 19.2. The Hall–Kier alpha value is -1.26. The molecule has 0 unspecified atom stereocenters. The molecule has 0 heterocycles. The summed E-state index contributed by atoms with van der Waals surface area (Å²) in [6.45, 7) is 0. The van der Waals surface area contributed by atoms with Crippen molar-refractivity contribution >= 4 is 13.6 Å². The van der Waals surface area contributed by atoms with E-state index < -0.39 is 23.2 Å². The van der Waals surface area contributed by atoms with E-state index in [4.69, 9.17) is 7.85 Å². The topological polar surface area (TPSA) is 17.1 Å². The van der Waals surface area contributed by atoms with Gasteiger partial charge >= 0.3 is 0 Å². The van der Waals surface area contributed by atoms with Gasteiger partial charge in [0.15, 0.2) is 23.2 Å². The van der Waals surface area contributed by atoms with Crippen LogP contribution in [0.2, 0.25) is 6.32 Å². The smallest absolute Gasteiger partial charge is 0.194 e. The molecule has 0 fully saturated rings. The lowest BCUT2D eigenvalue weighted by atomic mass is 9.96. The van der Waals surface area contributed by atoms with Crippen LogP contribution in [-0.2, 0) is 0 Å². The number of ketones is 1. The summed E-state index contributed by atoms with van der Waals surface area (Å²) >= 11 is 0. The second kappa shape index (κ2) is 3.64. The lowest BCUT2D eigenvalue weighted by molar-refractivity contribution is 0.101. The molecule has 0 saturated carbocycles. The van der Waals surface area contributed by atoms with Gasteiger partial charge in [-0.05, 0) is 18.5 Å². The number of carbonyl (C=O) groups is 1. The second-order valence-electron chi connectivity index (χ2n) is 2.38. The lowest BCUT2D eigenvalue weighted by Gasteiger charge is -2.00. The molecule has 0 aliphatic rings. The maximum absolute atomic E-state index is 12.5. The fourth-order valence-corrected chi connectivity index (χ4v) is 0.834. The molecule has 0 aliphatic heterocycles. The van der Waals surface area contributed by atoms with Gasteiger partial charge in [0.05, 0.1) is 7.85 Å². The minimum absolute atomic E-state index is 0.265. The molecule has 1 aromatic carbocycles. The van der Waals surface area contributed by atoms with Crippen LogP contribution < -0.4 is 0 Å². The molecule has 0 spiro atoms. The zero-order chi connectivity index (χ0) is 10.0. The van der Waals surface area contributed by atoms with E-state index in [1.807, 2.05) is 0 Å². The van der Waals surface area contributed by atoms with Crippen LogP contribution in [0.3, 0.4) is 0 Å². The molecule has 2 radical (unpaired) electrons. The summed E-state index contributed by atoms with van der Waals surface area (Å²) in [6.07, 6.45) is -0.371. The van der Waals surface area contributed by atoms with E-state index in [2.05, 4.69) is 0 Å². The number of hydrogen-bond acceptors (Lipinski definition) is 1. The Bertz CT molecular complexity index is 328. The van der Waals surface area contributed by atoms with Crippen molar-refractivity contribution in [2.45, 2.75) is 6.32 Å². The minimum atomic E-state index is -1.59. The van der Waals surface area contributed by atoms with Crippen molar-refractivity contribution in [3.05, 3.63) is 35.1 Å². The Morgan fingerprint density at radius 2 is 1.69 bits per heavy atom. The minimum Gasteiger partial charge on any atom is -0.295 e. The van der Waals surface area contributed by atoms with Gasteiger partial charge in [-0.15, -0.1) is 0 Å². The molecule has 0 N–H and O–H groups in total. The van der Waals surface area contributed by atoms with Gasteiger partial charge in [-0.3, -0.25) is 4.79 Å². The first kappa shape index (κ1) is 9.83. The quantitative estimate of drug-likeness (QED) is 0.389. The Labute approximate surface area is 74.0 Å². The first-order chi connectivity index (χ1) is 6.06. The van der Waals surface area contributed by atoms with Crippen molar-refractivity contribution < 1.29 is 18.0 Å². The monoisotopic (exact) mass is 184 g/mol.